The second-order valence-corrected chi connectivity index (χ2v) is 8.11. The molecular formula is C17H24N2O4S. The van der Waals surface area contributed by atoms with E-state index in [-0.39, 0.29) is 10.8 Å². The fraction of sp³-hybridized carbons (Fsp3) is 0.588. The summed E-state index contributed by atoms with van der Waals surface area (Å²) in [5.74, 6) is 0.218. The molecule has 24 heavy (non-hydrogen) atoms. The first-order chi connectivity index (χ1) is 11.5. The Balaban J connectivity index is 1.98. The van der Waals surface area contributed by atoms with E-state index >= 15 is 0 Å². The van der Waals surface area contributed by atoms with Crippen molar-refractivity contribution >= 4 is 15.9 Å². The number of carbonyl (C=O) groups is 1. The van der Waals surface area contributed by atoms with Crippen LogP contribution in [0.15, 0.2) is 23.1 Å². The Morgan fingerprint density at radius 1 is 1.08 bits per heavy atom. The number of benzene rings is 1. The molecule has 1 aromatic carbocycles. The summed E-state index contributed by atoms with van der Waals surface area (Å²) in [6, 6.07) is 4.75. The molecular weight excluding hydrogens is 328 g/mol. The fourth-order valence-corrected chi connectivity index (χ4v) is 4.96. The van der Waals surface area contributed by atoms with Gasteiger partial charge in [0.05, 0.1) is 6.61 Å². The summed E-state index contributed by atoms with van der Waals surface area (Å²) in [6.07, 6.45) is 3.74. The van der Waals surface area contributed by atoms with E-state index in [9.17, 15) is 13.2 Å². The van der Waals surface area contributed by atoms with E-state index in [4.69, 9.17) is 4.74 Å². The first kappa shape index (κ1) is 17.2. The van der Waals surface area contributed by atoms with Crippen LogP contribution in [0.5, 0.6) is 5.75 Å². The van der Waals surface area contributed by atoms with Crippen molar-refractivity contribution in [2.45, 2.75) is 37.5 Å². The maximum Gasteiger partial charge on any atom is 0.253 e. The van der Waals surface area contributed by atoms with Gasteiger partial charge in [-0.2, -0.15) is 4.31 Å². The third kappa shape index (κ3) is 3.28. The highest BCUT2D eigenvalue weighted by Gasteiger charge is 2.31. The predicted molar refractivity (Wildman–Crippen MR) is 90.7 cm³/mol. The molecule has 0 aromatic heterocycles. The summed E-state index contributed by atoms with van der Waals surface area (Å²) >= 11 is 0. The van der Waals surface area contributed by atoms with Gasteiger partial charge in [-0.1, -0.05) is 0 Å². The van der Waals surface area contributed by atoms with Crippen LogP contribution in [0, 0.1) is 0 Å². The van der Waals surface area contributed by atoms with E-state index in [1.807, 2.05) is 6.92 Å². The van der Waals surface area contributed by atoms with Crippen LogP contribution in [0.3, 0.4) is 0 Å². The van der Waals surface area contributed by atoms with E-state index in [1.165, 1.54) is 10.4 Å². The number of nitrogens with zero attached hydrogens (tertiary/aromatic N) is 2. The van der Waals surface area contributed by atoms with Crippen LogP contribution in [0.2, 0.25) is 0 Å². The van der Waals surface area contributed by atoms with Gasteiger partial charge in [-0.25, -0.2) is 8.42 Å². The molecule has 0 aliphatic carbocycles. The number of hydrogen-bond acceptors (Lipinski definition) is 4. The average molecular weight is 352 g/mol. The molecule has 0 unspecified atom stereocenters. The van der Waals surface area contributed by atoms with Gasteiger partial charge < -0.3 is 9.64 Å². The molecule has 0 atom stereocenters. The maximum absolute atomic E-state index is 12.9. The fourth-order valence-electron chi connectivity index (χ4n) is 3.29. The molecule has 132 valence electrons. The van der Waals surface area contributed by atoms with E-state index in [2.05, 4.69) is 0 Å². The van der Waals surface area contributed by atoms with Crippen molar-refractivity contribution in [3.8, 4) is 5.75 Å². The third-order valence-electron chi connectivity index (χ3n) is 4.57. The highest BCUT2D eigenvalue weighted by Crippen LogP contribution is 2.30. The van der Waals surface area contributed by atoms with Gasteiger partial charge in [-0.15, -0.1) is 0 Å². The first-order valence-corrected chi connectivity index (χ1v) is 10.0. The Morgan fingerprint density at radius 2 is 1.71 bits per heavy atom. The molecule has 1 aromatic rings. The van der Waals surface area contributed by atoms with Crippen LogP contribution in [0.25, 0.3) is 0 Å². The number of sulfonamides is 1. The zero-order chi connectivity index (χ0) is 17.2. The van der Waals surface area contributed by atoms with Crippen LogP contribution >= 0.6 is 0 Å². The van der Waals surface area contributed by atoms with Gasteiger partial charge in [0.2, 0.25) is 10.0 Å². The second-order valence-electron chi connectivity index (χ2n) is 6.21. The van der Waals surface area contributed by atoms with Crippen molar-refractivity contribution in [2.75, 3.05) is 32.8 Å². The number of likely N-dealkylation sites (tertiary alicyclic amines) is 1. The smallest absolute Gasteiger partial charge is 0.253 e. The molecule has 6 nitrogen and oxygen atoms in total. The summed E-state index contributed by atoms with van der Waals surface area (Å²) in [5, 5.41) is 0. The lowest BCUT2D eigenvalue weighted by atomic mass is 10.2. The van der Waals surface area contributed by atoms with Crippen LogP contribution in [0.1, 0.15) is 43.0 Å². The molecule has 0 spiro atoms. The zero-order valence-electron chi connectivity index (χ0n) is 14.0. The summed E-state index contributed by atoms with van der Waals surface area (Å²) in [6.45, 7) is 4.72. The van der Waals surface area contributed by atoms with Gasteiger partial charge in [-0.05, 0) is 50.8 Å². The summed E-state index contributed by atoms with van der Waals surface area (Å²) in [4.78, 5) is 14.5. The van der Waals surface area contributed by atoms with Crippen molar-refractivity contribution in [1.29, 1.82) is 0 Å². The normalized spacial score (nSPS) is 19.0. The van der Waals surface area contributed by atoms with Crippen LogP contribution < -0.4 is 4.74 Å². The molecule has 0 saturated carbocycles. The topological polar surface area (TPSA) is 66.9 Å². The highest BCUT2D eigenvalue weighted by molar-refractivity contribution is 7.89. The lowest BCUT2D eigenvalue weighted by molar-refractivity contribution is 0.0792. The highest BCUT2D eigenvalue weighted by atomic mass is 32.2. The lowest BCUT2D eigenvalue weighted by Crippen LogP contribution is -2.30. The Hall–Kier alpha value is -1.60. The van der Waals surface area contributed by atoms with Crippen molar-refractivity contribution in [1.82, 2.24) is 9.21 Å². The minimum Gasteiger partial charge on any atom is -0.492 e. The van der Waals surface area contributed by atoms with Gasteiger partial charge in [0, 0.05) is 31.7 Å². The minimum atomic E-state index is -3.63. The molecule has 2 fully saturated rings. The van der Waals surface area contributed by atoms with E-state index in [1.54, 1.807) is 17.0 Å². The summed E-state index contributed by atoms with van der Waals surface area (Å²) in [7, 11) is -3.63. The number of hydrogen-bond donors (Lipinski definition) is 0. The first-order valence-electron chi connectivity index (χ1n) is 8.60. The van der Waals surface area contributed by atoms with Crippen molar-refractivity contribution < 1.29 is 17.9 Å². The average Bonchev–Trinajstić information content (AvgIpc) is 3.28. The molecule has 2 heterocycles. The minimum absolute atomic E-state index is 0.103. The quantitative estimate of drug-likeness (QED) is 0.814. The number of carbonyl (C=O) groups excluding carboxylic acids is 1. The largest absolute Gasteiger partial charge is 0.492 e. The number of amides is 1. The Kier molecular flexibility index (Phi) is 5.10. The Morgan fingerprint density at radius 3 is 2.33 bits per heavy atom. The lowest BCUT2D eigenvalue weighted by Gasteiger charge is -2.20. The van der Waals surface area contributed by atoms with Crippen molar-refractivity contribution in [3.63, 3.8) is 0 Å². The van der Waals surface area contributed by atoms with Crippen molar-refractivity contribution in [3.05, 3.63) is 23.8 Å². The summed E-state index contributed by atoms with van der Waals surface area (Å²) < 4.78 is 32.9. The predicted octanol–water partition coefficient (Wildman–Crippen LogP) is 2.11. The molecule has 2 saturated heterocycles. The molecule has 2 aliphatic heterocycles. The van der Waals surface area contributed by atoms with Gasteiger partial charge in [0.1, 0.15) is 10.6 Å². The van der Waals surface area contributed by atoms with E-state index < -0.39 is 10.0 Å². The number of rotatable bonds is 5. The van der Waals surface area contributed by atoms with Crippen LogP contribution in [-0.2, 0) is 10.0 Å². The molecule has 2 aliphatic rings. The van der Waals surface area contributed by atoms with E-state index in [0.717, 1.165) is 38.8 Å². The molecule has 7 heteroatoms. The molecule has 3 rings (SSSR count). The molecule has 0 radical (unpaired) electrons. The Labute approximate surface area is 143 Å². The molecule has 1 amide bonds. The molecule has 0 bridgehead atoms. The molecule has 0 N–H and O–H groups in total. The maximum atomic E-state index is 12.9. The van der Waals surface area contributed by atoms with Crippen molar-refractivity contribution in [2.24, 2.45) is 0 Å². The summed E-state index contributed by atoms with van der Waals surface area (Å²) in [5.41, 5.74) is 0.415. The monoisotopic (exact) mass is 352 g/mol. The Bertz CT molecular complexity index is 705. The standard InChI is InChI=1S/C17H24N2O4S/c1-2-23-15-8-7-14(17(20)18-9-3-4-10-18)13-16(15)24(21,22)19-11-5-6-12-19/h7-8,13H,2-6,9-12H2,1H3. The van der Waals surface area contributed by atoms with Crippen LogP contribution in [-0.4, -0.2) is 56.3 Å². The number of ether oxygens (including phenoxy) is 1. The van der Waals surface area contributed by atoms with Gasteiger partial charge in [0.15, 0.2) is 0 Å². The van der Waals surface area contributed by atoms with Gasteiger partial charge in [0.25, 0.3) is 5.91 Å². The third-order valence-corrected chi connectivity index (χ3v) is 6.49. The van der Waals surface area contributed by atoms with Gasteiger partial charge >= 0.3 is 0 Å². The van der Waals surface area contributed by atoms with Gasteiger partial charge in [-0.3, -0.25) is 4.79 Å². The van der Waals surface area contributed by atoms with Crippen LogP contribution in [0.4, 0.5) is 0 Å². The van der Waals surface area contributed by atoms with E-state index in [0.29, 0.717) is 31.0 Å². The SMILES string of the molecule is CCOc1ccc(C(=O)N2CCCC2)cc1S(=O)(=O)N1CCCC1. The second kappa shape index (κ2) is 7.11. The zero-order valence-corrected chi connectivity index (χ0v) is 14.8.